The summed E-state index contributed by atoms with van der Waals surface area (Å²) in [6.45, 7) is 0.985. The first kappa shape index (κ1) is 16.4. The summed E-state index contributed by atoms with van der Waals surface area (Å²) in [7, 11) is -1.80. The van der Waals surface area contributed by atoms with Gasteiger partial charge in [-0.25, -0.2) is 13.1 Å². The van der Waals surface area contributed by atoms with Gasteiger partial charge in [0.1, 0.15) is 6.10 Å². The first-order chi connectivity index (χ1) is 8.89. The van der Waals surface area contributed by atoms with Gasteiger partial charge in [-0.2, -0.15) is 0 Å². The number of piperidine rings is 1. The number of amides is 1. The predicted molar refractivity (Wildman–Crippen MR) is 72.0 cm³/mol. The third kappa shape index (κ3) is 5.06. The van der Waals surface area contributed by atoms with Crippen LogP contribution in [0.25, 0.3) is 0 Å². The smallest absolute Gasteiger partial charge is 0.253 e. The minimum absolute atomic E-state index is 0.123. The van der Waals surface area contributed by atoms with E-state index < -0.39 is 16.1 Å². The lowest BCUT2D eigenvalue weighted by atomic mass is 10.0. The van der Waals surface area contributed by atoms with Gasteiger partial charge in [-0.05, 0) is 19.3 Å². The first-order valence-electron chi connectivity index (χ1n) is 6.37. The van der Waals surface area contributed by atoms with Crippen LogP contribution in [0.1, 0.15) is 19.3 Å². The van der Waals surface area contributed by atoms with Gasteiger partial charge in [0.2, 0.25) is 10.0 Å². The Kier molecular flexibility index (Phi) is 6.18. The average Bonchev–Trinajstić information content (AvgIpc) is 2.37. The molecular formula is C11H23N3O4S. The summed E-state index contributed by atoms with van der Waals surface area (Å²) in [6.07, 6.45) is 3.15. The number of hydrogen-bond donors (Lipinski definition) is 2. The second-order valence-electron chi connectivity index (χ2n) is 4.76. The summed E-state index contributed by atoms with van der Waals surface area (Å²) in [5, 5.41) is 0. The normalized spacial score (nSPS) is 22.3. The lowest BCUT2D eigenvalue weighted by Crippen LogP contribution is -2.53. The monoisotopic (exact) mass is 293 g/mol. The van der Waals surface area contributed by atoms with E-state index in [1.165, 1.54) is 7.11 Å². The van der Waals surface area contributed by atoms with Crippen LogP contribution in [0.3, 0.4) is 0 Å². The molecular weight excluding hydrogens is 270 g/mol. The molecule has 1 aliphatic rings. The molecule has 1 amide bonds. The third-order valence-electron chi connectivity index (χ3n) is 3.27. The van der Waals surface area contributed by atoms with Crippen LogP contribution < -0.4 is 10.5 Å². The van der Waals surface area contributed by atoms with E-state index in [0.29, 0.717) is 6.54 Å². The van der Waals surface area contributed by atoms with E-state index in [0.717, 1.165) is 25.5 Å². The van der Waals surface area contributed by atoms with Gasteiger partial charge in [-0.1, -0.05) is 0 Å². The number of carbonyl (C=O) groups excluding carboxylic acids is 1. The molecule has 1 rings (SSSR count). The van der Waals surface area contributed by atoms with E-state index in [1.807, 2.05) is 0 Å². The molecule has 2 unspecified atom stereocenters. The highest BCUT2D eigenvalue weighted by Gasteiger charge is 2.31. The molecule has 0 aliphatic carbocycles. The fourth-order valence-corrected chi connectivity index (χ4v) is 2.73. The Balaban J connectivity index is 2.69. The molecule has 0 aromatic carbocycles. The van der Waals surface area contributed by atoms with Crippen LogP contribution in [0, 0.1) is 0 Å². The number of sulfonamides is 1. The highest BCUT2D eigenvalue weighted by Crippen LogP contribution is 2.18. The molecule has 3 N–H and O–H groups in total. The van der Waals surface area contributed by atoms with Crippen molar-refractivity contribution in [2.75, 3.05) is 33.0 Å². The van der Waals surface area contributed by atoms with Crippen molar-refractivity contribution < 1.29 is 17.9 Å². The van der Waals surface area contributed by atoms with Crippen molar-refractivity contribution >= 4 is 15.9 Å². The fourth-order valence-electron chi connectivity index (χ4n) is 2.23. The fraction of sp³-hybridized carbons (Fsp3) is 0.909. The summed E-state index contributed by atoms with van der Waals surface area (Å²) in [4.78, 5) is 13.9. The lowest BCUT2D eigenvalue weighted by Gasteiger charge is -2.37. The van der Waals surface area contributed by atoms with Gasteiger partial charge in [0, 0.05) is 32.8 Å². The largest absolute Gasteiger partial charge is 0.370 e. The lowest BCUT2D eigenvalue weighted by molar-refractivity contribution is -0.145. The van der Waals surface area contributed by atoms with Crippen molar-refractivity contribution in [2.24, 2.45) is 5.73 Å². The van der Waals surface area contributed by atoms with Crippen molar-refractivity contribution in [3.63, 3.8) is 0 Å². The number of nitrogens with one attached hydrogen (secondary N) is 1. The van der Waals surface area contributed by atoms with Gasteiger partial charge < -0.3 is 15.4 Å². The quantitative estimate of drug-likeness (QED) is 0.646. The number of nitrogens with two attached hydrogens (primary N) is 1. The number of methoxy groups -OCH3 is 1. The minimum atomic E-state index is -3.25. The summed E-state index contributed by atoms with van der Waals surface area (Å²) >= 11 is 0. The van der Waals surface area contributed by atoms with Crippen molar-refractivity contribution in [1.82, 2.24) is 9.62 Å². The van der Waals surface area contributed by atoms with Crippen LogP contribution in [0.2, 0.25) is 0 Å². The highest BCUT2D eigenvalue weighted by atomic mass is 32.2. The zero-order valence-corrected chi connectivity index (χ0v) is 12.3. The Morgan fingerprint density at radius 3 is 2.74 bits per heavy atom. The molecule has 0 spiro atoms. The zero-order valence-electron chi connectivity index (χ0n) is 11.5. The van der Waals surface area contributed by atoms with E-state index >= 15 is 0 Å². The number of rotatable bonds is 6. The van der Waals surface area contributed by atoms with Gasteiger partial charge in [-0.3, -0.25) is 4.79 Å². The van der Waals surface area contributed by atoms with Crippen LogP contribution in [-0.4, -0.2) is 64.4 Å². The molecule has 1 heterocycles. The highest BCUT2D eigenvalue weighted by molar-refractivity contribution is 7.88. The Morgan fingerprint density at radius 1 is 1.53 bits per heavy atom. The molecule has 1 aliphatic heterocycles. The molecule has 0 aromatic rings. The van der Waals surface area contributed by atoms with Crippen molar-refractivity contribution in [2.45, 2.75) is 31.4 Å². The SMILES string of the molecule is COC(CN)C(=O)N1CCCCC1CNS(C)(=O)=O. The van der Waals surface area contributed by atoms with E-state index in [-0.39, 0.29) is 25.0 Å². The van der Waals surface area contributed by atoms with Gasteiger partial charge in [0.15, 0.2) is 0 Å². The van der Waals surface area contributed by atoms with Gasteiger partial charge in [0.25, 0.3) is 5.91 Å². The van der Waals surface area contributed by atoms with Crippen LogP contribution in [-0.2, 0) is 19.6 Å². The van der Waals surface area contributed by atoms with E-state index in [4.69, 9.17) is 10.5 Å². The van der Waals surface area contributed by atoms with Crippen molar-refractivity contribution in [3.8, 4) is 0 Å². The second-order valence-corrected chi connectivity index (χ2v) is 6.59. The molecule has 2 atom stereocenters. The number of likely N-dealkylation sites (tertiary alicyclic amines) is 1. The molecule has 0 aromatic heterocycles. The summed E-state index contributed by atoms with van der Waals surface area (Å²) in [5.41, 5.74) is 5.50. The molecule has 0 saturated carbocycles. The van der Waals surface area contributed by atoms with Crippen LogP contribution in [0.15, 0.2) is 0 Å². The van der Waals surface area contributed by atoms with E-state index in [2.05, 4.69) is 4.72 Å². The summed E-state index contributed by atoms with van der Waals surface area (Å²) < 4.78 is 29.8. The Bertz CT molecular complexity index is 395. The number of carbonyl (C=O) groups is 1. The van der Waals surface area contributed by atoms with Crippen molar-refractivity contribution in [3.05, 3.63) is 0 Å². The maximum absolute atomic E-state index is 12.2. The topological polar surface area (TPSA) is 102 Å². The molecule has 0 radical (unpaired) electrons. The summed E-state index contributed by atoms with van der Waals surface area (Å²) in [6, 6.07) is -0.125. The van der Waals surface area contributed by atoms with E-state index in [1.54, 1.807) is 4.90 Å². The Hall–Kier alpha value is -0.700. The average molecular weight is 293 g/mol. The number of nitrogens with zero attached hydrogens (tertiary/aromatic N) is 1. The molecule has 7 nitrogen and oxygen atoms in total. The number of hydrogen-bond acceptors (Lipinski definition) is 5. The molecule has 0 bridgehead atoms. The maximum atomic E-state index is 12.2. The van der Waals surface area contributed by atoms with Crippen LogP contribution >= 0.6 is 0 Å². The zero-order chi connectivity index (χ0) is 14.5. The minimum Gasteiger partial charge on any atom is -0.370 e. The Labute approximate surface area is 114 Å². The number of ether oxygens (including phenoxy) is 1. The van der Waals surface area contributed by atoms with Gasteiger partial charge in [0.05, 0.1) is 6.26 Å². The van der Waals surface area contributed by atoms with Gasteiger partial charge >= 0.3 is 0 Å². The predicted octanol–water partition coefficient (Wildman–Crippen LogP) is -1.11. The molecule has 112 valence electrons. The Morgan fingerprint density at radius 2 is 2.21 bits per heavy atom. The van der Waals surface area contributed by atoms with Crippen molar-refractivity contribution in [1.29, 1.82) is 0 Å². The standard InChI is InChI=1S/C11H23N3O4S/c1-18-10(7-12)11(15)14-6-4-3-5-9(14)8-13-19(2,16)17/h9-10,13H,3-8,12H2,1-2H3. The maximum Gasteiger partial charge on any atom is 0.253 e. The van der Waals surface area contributed by atoms with E-state index in [9.17, 15) is 13.2 Å². The molecule has 1 saturated heterocycles. The molecule has 19 heavy (non-hydrogen) atoms. The first-order valence-corrected chi connectivity index (χ1v) is 8.26. The molecule has 1 fully saturated rings. The molecule has 8 heteroatoms. The second kappa shape index (κ2) is 7.18. The summed E-state index contributed by atoms with van der Waals surface area (Å²) in [5.74, 6) is -0.162. The van der Waals surface area contributed by atoms with Gasteiger partial charge in [-0.15, -0.1) is 0 Å². The third-order valence-corrected chi connectivity index (χ3v) is 3.96. The van der Waals surface area contributed by atoms with Crippen LogP contribution in [0.5, 0.6) is 0 Å². The van der Waals surface area contributed by atoms with Crippen LogP contribution in [0.4, 0.5) is 0 Å².